The summed E-state index contributed by atoms with van der Waals surface area (Å²) in [6, 6.07) is 12.5. The summed E-state index contributed by atoms with van der Waals surface area (Å²) in [5.41, 5.74) is 1.38. The Morgan fingerprint density at radius 1 is 0.962 bits per heavy atom. The molecule has 0 aliphatic heterocycles. The zero-order valence-electron chi connectivity index (χ0n) is 14.7. The highest BCUT2D eigenvalue weighted by Gasteiger charge is 2.09. The van der Waals surface area contributed by atoms with E-state index in [9.17, 15) is 9.59 Å². The Morgan fingerprint density at radius 3 is 2.38 bits per heavy atom. The third kappa shape index (κ3) is 5.77. The van der Waals surface area contributed by atoms with Crippen LogP contribution in [0.1, 0.15) is 15.9 Å². The SMILES string of the molecule is COc1ccc(CC(=O)NCCNC(=O)c2cccc(Br)c2)cc1OC. The number of methoxy groups -OCH3 is 2. The van der Waals surface area contributed by atoms with Crippen molar-refractivity contribution in [3.8, 4) is 11.5 Å². The molecule has 0 aliphatic carbocycles. The fraction of sp³-hybridized carbons (Fsp3) is 0.263. The second-order valence-electron chi connectivity index (χ2n) is 5.48. The molecule has 0 saturated carbocycles. The van der Waals surface area contributed by atoms with E-state index in [0.29, 0.717) is 30.2 Å². The van der Waals surface area contributed by atoms with E-state index in [1.54, 1.807) is 44.6 Å². The van der Waals surface area contributed by atoms with Gasteiger partial charge in [0.2, 0.25) is 5.91 Å². The predicted octanol–water partition coefficient (Wildman–Crippen LogP) is 2.55. The third-order valence-electron chi connectivity index (χ3n) is 3.63. The van der Waals surface area contributed by atoms with E-state index < -0.39 is 0 Å². The average molecular weight is 421 g/mol. The van der Waals surface area contributed by atoms with Crippen molar-refractivity contribution in [2.75, 3.05) is 27.3 Å². The topological polar surface area (TPSA) is 76.7 Å². The molecule has 7 heteroatoms. The molecule has 2 aromatic rings. The second kappa shape index (κ2) is 9.82. The minimum absolute atomic E-state index is 0.131. The molecule has 26 heavy (non-hydrogen) atoms. The first kappa shape index (κ1) is 19.8. The maximum atomic E-state index is 12.0. The molecule has 0 aliphatic rings. The van der Waals surface area contributed by atoms with E-state index >= 15 is 0 Å². The molecule has 0 heterocycles. The molecule has 2 aromatic carbocycles. The normalized spacial score (nSPS) is 10.1. The van der Waals surface area contributed by atoms with Gasteiger partial charge in [0.1, 0.15) is 0 Å². The number of carbonyl (C=O) groups excluding carboxylic acids is 2. The first-order valence-electron chi connectivity index (χ1n) is 8.05. The minimum atomic E-state index is -0.180. The van der Waals surface area contributed by atoms with Gasteiger partial charge in [0.05, 0.1) is 20.6 Å². The third-order valence-corrected chi connectivity index (χ3v) is 4.13. The van der Waals surface area contributed by atoms with Crippen molar-refractivity contribution in [2.45, 2.75) is 6.42 Å². The number of hydrogen-bond donors (Lipinski definition) is 2. The summed E-state index contributed by atoms with van der Waals surface area (Å²) in [5.74, 6) is 0.889. The molecule has 0 bridgehead atoms. The standard InChI is InChI=1S/C19H21BrN2O4/c1-25-16-7-6-13(10-17(16)26-2)11-18(23)21-8-9-22-19(24)14-4-3-5-15(20)12-14/h3-7,10,12H,8-9,11H2,1-2H3,(H,21,23)(H,22,24). The highest BCUT2D eigenvalue weighted by molar-refractivity contribution is 9.10. The van der Waals surface area contributed by atoms with E-state index in [1.807, 2.05) is 12.1 Å². The van der Waals surface area contributed by atoms with Gasteiger partial charge in [-0.25, -0.2) is 0 Å². The lowest BCUT2D eigenvalue weighted by Gasteiger charge is -2.10. The highest BCUT2D eigenvalue weighted by atomic mass is 79.9. The predicted molar refractivity (Wildman–Crippen MR) is 103 cm³/mol. The van der Waals surface area contributed by atoms with E-state index in [-0.39, 0.29) is 18.2 Å². The van der Waals surface area contributed by atoms with Crippen LogP contribution >= 0.6 is 15.9 Å². The molecule has 0 spiro atoms. The van der Waals surface area contributed by atoms with Gasteiger partial charge in [0, 0.05) is 23.1 Å². The average Bonchev–Trinajstić information content (AvgIpc) is 2.64. The van der Waals surface area contributed by atoms with Crippen molar-refractivity contribution in [2.24, 2.45) is 0 Å². The van der Waals surface area contributed by atoms with Crippen LogP contribution in [0.5, 0.6) is 11.5 Å². The summed E-state index contributed by atoms with van der Waals surface area (Å²) in [7, 11) is 3.11. The number of halogens is 1. The lowest BCUT2D eigenvalue weighted by atomic mass is 10.1. The van der Waals surface area contributed by atoms with Crippen LogP contribution in [0.2, 0.25) is 0 Å². The van der Waals surface area contributed by atoms with Gasteiger partial charge in [-0.05, 0) is 35.9 Å². The van der Waals surface area contributed by atoms with Gasteiger partial charge < -0.3 is 20.1 Å². The first-order chi connectivity index (χ1) is 12.5. The van der Waals surface area contributed by atoms with E-state index in [2.05, 4.69) is 26.6 Å². The summed E-state index contributed by atoms with van der Waals surface area (Å²) >= 11 is 3.33. The van der Waals surface area contributed by atoms with Crippen LogP contribution in [-0.2, 0) is 11.2 Å². The van der Waals surface area contributed by atoms with Crippen LogP contribution in [0.3, 0.4) is 0 Å². The number of hydrogen-bond acceptors (Lipinski definition) is 4. The maximum absolute atomic E-state index is 12.0. The number of nitrogens with one attached hydrogen (secondary N) is 2. The highest BCUT2D eigenvalue weighted by Crippen LogP contribution is 2.27. The van der Waals surface area contributed by atoms with Crippen LogP contribution < -0.4 is 20.1 Å². The Balaban J connectivity index is 1.76. The maximum Gasteiger partial charge on any atom is 0.251 e. The number of carbonyl (C=O) groups is 2. The number of amides is 2. The largest absolute Gasteiger partial charge is 0.493 e. The van der Waals surface area contributed by atoms with Crippen molar-refractivity contribution in [3.63, 3.8) is 0 Å². The van der Waals surface area contributed by atoms with Gasteiger partial charge in [-0.3, -0.25) is 9.59 Å². The van der Waals surface area contributed by atoms with Gasteiger partial charge >= 0.3 is 0 Å². The molecule has 2 N–H and O–H groups in total. The fourth-order valence-electron chi connectivity index (χ4n) is 2.35. The molecule has 0 aromatic heterocycles. The van der Waals surface area contributed by atoms with Crippen LogP contribution in [0.15, 0.2) is 46.9 Å². The summed E-state index contributed by atoms with van der Waals surface area (Å²) in [5, 5.41) is 5.55. The Bertz CT molecular complexity index is 780. The quantitative estimate of drug-likeness (QED) is 0.643. The molecule has 0 saturated heterocycles. The zero-order chi connectivity index (χ0) is 18.9. The van der Waals surface area contributed by atoms with Crippen molar-refractivity contribution < 1.29 is 19.1 Å². The minimum Gasteiger partial charge on any atom is -0.493 e. The Kier molecular flexibility index (Phi) is 7.47. The molecule has 2 amide bonds. The Morgan fingerprint density at radius 2 is 1.69 bits per heavy atom. The number of ether oxygens (including phenoxy) is 2. The zero-order valence-corrected chi connectivity index (χ0v) is 16.3. The number of benzene rings is 2. The Labute approximate surface area is 161 Å². The molecule has 6 nitrogen and oxygen atoms in total. The summed E-state index contributed by atoms with van der Waals surface area (Å²) < 4.78 is 11.2. The monoisotopic (exact) mass is 420 g/mol. The fourth-order valence-corrected chi connectivity index (χ4v) is 2.75. The van der Waals surface area contributed by atoms with Crippen molar-refractivity contribution >= 4 is 27.7 Å². The lowest BCUT2D eigenvalue weighted by molar-refractivity contribution is -0.120. The van der Waals surface area contributed by atoms with Crippen LogP contribution in [-0.4, -0.2) is 39.1 Å². The molecular weight excluding hydrogens is 400 g/mol. The van der Waals surface area contributed by atoms with Gasteiger partial charge in [-0.1, -0.05) is 28.1 Å². The summed E-state index contributed by atoms with van der Waals surface area (Å²) in [6.07, 6.45) is 0.222. The number of rotatable bonds is 8. The molecule has 0 fully saturated rings. The molecule has 138 valence electrons. The summed E-state index contributed by atoms with van der Waals surface area (Å²) in [4.78, 5) is 24.0. The van der Waals surface area contributed by atoms with Crippen LogP contribution in [0.4, 0.5) is 0 Å². The van der Waals surface area contributed by atoms with Crippen molar-refractivity contribution in [3.05, 3.63) is 58.1 Å². The molecule has 0 atom stereocenters. The van der Waals surface area contributed by atoms with Crippen molar-refractivity contribution in [1.82, 2.24) is 10.6 Å². The van der Waals surface area contributed by atoms with E-state index in [0.717, 1.165) is 10.0 Å². The second-order valence-corrected chi connectivity index (χ2v) is 6.40. The first-order valence-corrected chi connectivity index (χ1v) is 8.84. The smallest absolute Gasteiger partial charge is 0.251 e. The molecule has 0 radical (unpaired) electrons. The van der Waals surface area contributed by atoms with Gasteiger partial charge in [-0.2, -0.15) is 0 Å². The van der Waals surface area contributed by atoms with Crippen LogP contribution in [0, 0.1) is 0 Å². The van der Waals surface area contributed by atoms with Crippen molar-refractivity contribution in [1.29, 1.82) is 0 Å². The lowest BCUT2D eigenvalue weighted by Crippen LogP contribution is -2.35. The van der Waals surface area contributed by atoms with Gasteiger partial charge in [0.25, 0.3) is 5.91 Å². The summed E-state index contributed by atoms with van der Waals surface area (Å²) in [6.45, 7) is 0.703. The molecule has 2 rings (SSSR count). The Hall–Kier alpha value is -2.54. The van der Waals surface area contributed by atoms with E-state index in [4.69, 9.17) is 9.47 Å². The van der Waals surface area contributed by atoms with Gasteiger partial charge in [-0.15, -0.1) is 0 Å². The van der Waals surface area contributed by atoms with Gasteiger partial charge in [0.15, 0.2) is 11.5 Å². The molecule has 0 unspecified atom stereocenters. The van der Waals surface area contributed by atoms with Crippen LogP contribution in [0.25, 0.3) is 0 Å². The van der Waals surface area contributed by atoms with E-state index in [1.165, 1.54) is 0 Å². The molecular formula is C19H21BrN2O4.